The first kappa shape index (κ1) is 13.5. The number of rotatable bonds is 5. The molecule has 0 aromatic rings. The summed E-state index contributed by atoms with van der Waals surface area (Å²) in [4.78, 5) is 13.1. The third kappa shape index (κ3) is 4.84. The Morgan fingerprint density at radius 2 is 1.82 bits per heavy atom. The highest BCUT2D eigenvalue weighted by molar-refractivity contribution is 5.76. The molecule has 0 aliphatic carbocycles. The zero-order valence-corrected chi connectivity index (χ0v) is 9.98. The molecule has 0 atom stereocenters. The number of amides is 1. The smallest absolute Gasteiger partial charge is 0.224 e. The molecule has 1 fully saturated rings. The van der Waals surface area contributed by atoms with Crippen LogP contribution < -0.4 is 5.32 Å². The molecule has 17 heavy (non-hydrogen) atoms. The summed E-state index contributed by atoms with van der Waals surface area (Å²) in [6, 6.07) is 3.83. The van der Waals surface area contributed by atoms with Gasteiger partial charge in [0.05, 0.1) is 12.1 Å². The van der Waals surface area contributed by atoms with E-state index in [0.29, 0.717) is 12.3 Å². The number of nitrogens with one attached hydrogen (secondary N) is 1. The van der Waals surface area contributed by atoms with Crippen LogP contribution in [0.1, 0.15) is 25.7 Å². The molecule has 0 bridgehead atoms. The standard InChI is InChI=1S/C12H18N4O/c13-5-9-16(10-6-14)12(17)2-1-11-3-7-15-8-4-11/h11,15H,1-4,7-10H2. The van der Waals surface area contributed by atoms with E-state index >= 15 is 0 Å². The highest BCUT2D eigenvalue weighted by Crippen LogP contribution is 2.18. The Morgan fingerprint density at radius 3 is 2.35 bits per heavy atom. The molecule has 1 heterocycles. The predicted molar refractivity (Wildman–Crippen MR) is 62.6 cm³/mol. The molecule has 0 unspecified atom stereocenters. The van der Waals surface area contributed by atoms with Crippen LogP contribution in [-0.4, -0.2) is 37.0 Å². The van der Waals surface area contributed by atoms with E-state index in [1.54, 1.807) is 0 Å². The van der Waals surface area contributed by atoms with E-state index < -0.39 is 0 Å². The Kier molecular flexibility index (Phi) is 6.06. The Bertz CT molecular complexity index is 306. The number of piperidine rings is 1. The fraction of sp³-hybridized carbons (Fsp3) is 0.750. The van der Waals surface area contributed by atoms with E-state index in [1.165, 1.54) is 4.90 Å². The van der Waals surface area contributed by atoms with Gasteiger partial charge in [-0.05, 0) is 38.3 Å². The molecular weight excluding hydrogens is 216 g/mol. The number of carbonyl (C=O) groups is 1. The molecule has 1 N–H and O–H groups in total. The van der Waals surface area contributed by atoms with Gasteiger partial charge in [-0.2, -0.15) is 10.5 Å². The SMILES string of the molecule is N#CCN(CC#N)C(=O)CCC1CCNCC1. The van der Waals surface area contributed by atoms with Crippen molar-refractivity contribution in [2.24, 2.45) is 5.92 Å². The Hall–Kier alpha value is -1.59. The molecule has 0 saturated carbocycles. The third-order valence-corrected chi connectivity index (χ3v) is 3.10. The average molecular weight is 234 g/mol. The first-order chi connectivity index (χ1) is 8.27. The monoisotopic (exact) mass is 234 g/mol. The minimum atomic E-state index is -0.0772. The lowest BCUT2D eigenvalue weighted by Crippen LogP contribution is -2.33. The van der Waals surface area contributed by atoms with Crippen LogP contribution in [-0.2, 0) is 4.79 Å². The summed E-state index contributed by atoms with van der Waals surface area (Å²) >= 11 is 0. The Balaban J connectivity index is 2.31. The van der Waals surface area contributed by atoms with Crippen LogP contribution in [0.5, 0.6) is 0 Å². The zero-order chi connectivity index (χ0) is 12.5. The van der Waals surface area contributed by atoms with Crippen molar-refractivity contribution < 1.29 is 4.79 Å². The van der Waals surface area contributed by atoms with Crippen molar-refractivity contribution >= 4 is 5.91 Å². The van der Waals surface area contributed by atoms with Crippen LogP contribution >= 0.6 is 0 Å². The number of nitriles is 2. The van der Waals surface area contributed by atoms with Gasteiger partial charge in [0, 0.05) is 6.42 Å². The van der Waals surface area contributed by atoms with Gasteiger partial charge < -0.3 is 10.2 Å². The van der Waals surface area contributed by atoms with E-state index in [0.717, 1.165) is 32.4 Å². The highest BCUT2D eigenvalue weighted by Gasteiger charge is 2.17. The van der Waals surface area contributed by atoms with Crippen LogP contribution in [0.3, 0.4) is 0 Å². The summed E-state index contributed by atoms with van der Waals surface area (Å²) in [5.41, 5.74) is 0. The molecule has 0 spiro atoms. The van der Waals surface area contributed by atoms with E-state index in [1.807, 2.05) is 12.1 Å². The average Bonchev–Trinajstić information content (AvgIpc) is 2.37. The summed E-state index contributed by atoms with van der Waals surface area (Å²) in [5.74, 6) is 0.526. The zero-order valence-electron chi connectivity index (χ0n) is 9.98. The molecule has 1 amide bonds. The van der Waals surface area contributed by atoms with Gasteiger partial charge in [0.2, 0.25) is 5.91 Å². The maximum Gasteiger partial charge on any atom is 0.224 e. The lowest BCUT2D eigenvalue weighted by Gasteiger charge is -2.23. The van der Waals surface area contributed by atoms with Crippen LogP contribution in [0.2, 0.25) is 0 Å². The van der Waals surface area contributed by atoms with Gasteiger partial charge in [-0.1, -0.05) is 0 Å². The van der Waals surface area contributed by atoms with Gasteiger partial charge in [0.1, 0.15) is 13.1 Å². The van der Waals surface area contributed by atoms with Crippen molar-refractivity contribution in [1.29, 1.82) is 10.5 Å². The summed E-state index contributed by atoms with van der Waals surface area (Å²) in [5, 5.41) is 20.4. The van der Waals surface area contributed by atoms with Gasteiger partial charge in [0.15, 0.2) is 0 Å². The normalized spacial score (nSPS) is 15.9. The number of hydrogen-bond acceptors (Lipinski definition) is 4. The van der Waals surface area contributed by atoms with Gasteiger partial charge >= 0.3 is 0 Å². The Labute approximate surface area is 102 Å². The summed E-state index contributed by atoms with van der Waals surface area (Å²) < 4.78 is 0. The van der Waals surface area contributed by atoms with Crippen LogP contribution in [0.25, 0.3) is 0 Å². The molecule has 5 nitrogen and oxygen atoms in total. The molecule has 1 rings (SSSR count). The summed E-state index contributed by atoms with van der Waals surface area (Å²) in [7, 11) is 0. The topological polar surface area (TPSA) is 79.9 Å². The van der Waals surface area contributed by atoms with Crippen molar-refractivity contribution in [3.8, 4) is 12.1 Å². The molecular formula is C12H18N4O. The van der Waals surface area contributed by atoms with Crippen LogP contribution in [0.4, 0.5) is 0 Å². The number of hydrogen-bond donors (Lipinski definition) is 1. The molecule has 1 aliphatic rings. The number of carbonyl (C=O) groups excluding carboxylic acids is 1. The molecule has 0 aromatic carbocycles. The first-order valence-electron chi connectivity index (χ1n) is 6.00. The minimum Gasteiger partial charge on any atom is -0.317 e. The van der Waals surface area contributed by atoms with Crippen molar-refractivity contribution in [3.63, 3.8) is 0 Å². The fourth-order valence-corrected chi connectivity index (χ4v) is 2.06. The Morgan fingerprint density at radius 1 is 1.24 bits per heavy atom. The lowest BCUT2D eigenvalue weighted by molar-refractivity contribution is -0.130. The molecule has 0 aromatic heterocycles. The van der Waals surface area contributed by atoms with Gasteiger partial charge in [0.25, 0.3) is 0 Å². The van der Waals surface area contributed by atoms with Crippen molar-refractivity contribution in [2.45, 2.75) is 25.7 Å². The summed E-state index contributed by atoms with van der Waals surface area (Å²) in [6.07, 6.45) is 3.55. The largest absolute Gasteiger partial charge is 0.317 e. The van der Waals surface area contributed by atoms with Crippen molar-refractivity contribution in [1.82, 2.24) is 10.2 Å². The van der Waals surface area contributed by atoms with E-state index in [4.69, 9.17) is 10.5 Å². The van der Waals surface area contributed by atoms with Gasteiger partial charge in [-0.3, -0.25) is 4.79 Å². The minimum absolute atomic E-state index is 0.0125. The third-order valence-electron chi connectivity index (χ3n) is 3.10. The van der Waals surface area contributed by atoms with Crippen LogP contribution in [0, 0.1) is 28.6 Å². The first-order valence-corrected chi connectivity index (χ1v) is 6.00. The maximum absolute atomic E-state index is 11.8. The summed E-state index contributed by atoms with van der Waals surface area (Å²) in [6.45, 7) is 2.08. The van der Waals surface area contributed by atoms with Gasteiger partial charge in [-0.25, -0.2) is 0 Å². The van der Waals surface area contributed by atoms with Crippen molar-refractivity contribution in [3.05, 3.63) is 0 Å². The quantitative estimate of drug-likeness (QED) is 0.708. The van der Waals surface area contributed by atoms with E-state index in [2.05, 4.69) is 5.32 Å². The lowest BCUT2D eigenvalue weighted by atomic mass is 9.93. The molecule has 0 radical (unpaired) electrons. The second kappa shape index (κ2) is 7.65. The predicted octanol–water partition coefficient (Wildman–Crippen LogP) is 0.642. The van der Waals surface area contributed by atoms with Crippen LogP contribution in [0.15, 0.2) is 0 Å². The van der Waals surface area contributed by atoms with Gasteiger partial charge in [-0.15, -0.1) is 0 Å². The molecule has 1 aliphatic heterocycles. The van der Waals surface area contributed by atoms with E-state index in [-0.39, 0.29) is 19.0 Å². The molecule has 92 valence electrons. The van der Waals surface area contributed by atoms with Crippen molar-refractivity contribution in [2.75, 3.05) is 26.2 Å². The van der Waals surface area contributed by atoms with E-state index in [9.17, 15) is 4.79 Å². The fourth-order valence-electron chi connectivity index (χ4n) is 2.06. The number of nitrogens with zero attached hydrogens (tertiary/aromatic N) is 3. The second-order valence-corrected chi connectivity index (χ2v) is 4.30. The molecule has 5 heteroatoms. The maximum atomic E-state index is 11.8. The molecule has 1 saturated heterocycles. The second-order valence-electron chi connectivity index (χ2n) is 4.30. The highest BCUT2D eigenvalue weighted by atomic mass is 16.2.